The number of primary amides is 1. The first-order chi connectivity index (χ1) is 7.94. The largest absolute Gasteiger partial charge is 0.394 e. The van der Waals surface area contributed by atoms with E-state index in [0.29, 0.717) is 6.54 Å². The van der Waals surface area contributed by atoms with Crippen molar-refractivity contribution in [2.75, 3.05) is 6.61 Å². The monoisotopic (exact) mass is 236 g/mol. The lowest BCUT2D eigenvalue weighted by molar-refractivity contribution is -0.117. The number of nitrogens with two attached hydrogens (primary N) is 1. The third-order valence-corrected chi connectivity index (χ3v) is 2.64. The fourth-order valence-corrected chi connectivity index (χ4v) is 1.48. The molecule has 0 radical (unpaired) electrons. The van der Waals surface area contributed by atoms with E-state index in [4.69, 9.17) is 10.8 Å². The van der Waals surface area contributed by atoms with Gasteiger partial charge in [0.15, 0.2) is 0 Å². The van der Waals surface area contributed by atoms with E-state index in [-0.39, 0.29) is 24.5 Å². The highest BCUT2D eigenvalue weighted by Crippen LogP contribution is 2.11. The molecule has 0 heterocycles. The molecule has 94 valence electrons. The minimum absolute atomic E-state index is 0.0605. The van der Waals surface area contributed by atoms with Crippen LogP contribution in [0.1, 0.15) is 25.0 Å². The Morgan fingerprint density at radius 3 is 2.47 bits per heavy atom. The van der Waals surface area contributed by atoms with E-state index in [1.807, 2.05) is 38.1 Å². The zero-order valence-electron chi connectivity index (χ0n) is 10.4. The molecule has 0 aliphatic rings. The summed E-state index contributed by atoms with van der Waals surface area (Å²) in [5.74, 6) is -0.334. The molecule has 0 spiro atoms. The number of benzene rings is 1. The second-order valence-corrected chi connectivity index (χ2v) is 4.81. The summed E-state index contributed by atoms with van der Waals surface area (Å²) in [6.45, 7) is 4.51. The highest BCUT2D eigenvalue weighted by molar-refractivity contribution is 5.76. The zero-order chi connectivity index (χ0) is 12.9. The maximum absolute atomic E-state index is 10.9. The zero-order valence-corrected chi connectivity index (χ0v) is 10.4. The number of carbonyl (C=O) groups is 1. The van der Waals surface area contributed by atoms with Crippen molar-refractivity contribution in [3.05, 3.63) is 35.4 Å². The van der Waals surface area contributed by atoms with E-state index in [1.54, 1.807) is 0 Å². The van der Waals surface area contributed by atoms with Crippen molar-refractivity contribution in [2.24, 2.45) is 5.73 Å². The normalized spacial score (nSPS) is 11.5. The van der Waals surface area contributed by atoms with Crippen molar-refractivity contribution in [3.63, 3.8) is 0 Å². The highest BCUT2D eigenvalue weighted by Gasteiger charge is 2.15. The molecule has 17 heavy (non-hydrogen) atoms. The molecule has 0 aliphatic carbocycles. The van der Waals surface area contributed by atoms with Gasteiger partial charge in [-0.25, -0.2) is 0 Å². The maximum Gasteiger partial charge on any atom is 0.221 e. The number of nitrogens with one attached hydrogen (secondary N) is 1. The summed E-state index contributed by atoms with van der Waals surface area (Å²) in [5, 5.41) is 12.4. The van der Waals surface area contributed by atoms with Crippen molar-refractivity contribution in [3.8, 4) is 0 Å². The fourth-order valence-electron chi connectivity index (χ4n) is 1.48. The van der Waals surface area contributed by atoms with Crippen LogP contribution in [0.15, 0.2) is 24.3 Å². The molecule has 0 unspecified atom stereocenters. The Morgan fingerprint density at radius 1 is 1.35 bits per heavy atom. The van der Waals surface area contributed by atoms with Crippen LogP contribution in [0.5, 0.6) is 0 Å². The van der Waals surface area contributed by atoms with Gasteiger partial charge in [-0.05, 0) is 25.0 Å². The quantitative estimate of drug-likeness (QED) is 0.676. The Morgan fingerprint density at radius 2 is 1.94 bits per heavy atom. The molecule has 1 aromatic carbocycles. The Bertz CT molecular complexity index is 389. The summed E-state index contributed by atoms with van der Waals surface area (Å²) in [4.78, 5) is 10.9. The van der Waals surface area contributed by atoms with E-state index in [2.05, 4.69) is 5.32 Å². The van der Waals surface area contributed by atoms with E-state index < -0.39 is 0 Å². The summed E-state index contributed by atoms with van der Waals surface area (Å²) < 4.78 is 0. The van der Waals surface area contributed by atoms with Crippen LogP contribution < -0.4 is 11.1 Å². The molecule has 4 nitrogen and oxygen atoms in total. The van der Waals surface area contributed by atoms with Crippen molar-refractivity contribution in [1.29, 1.82) is 0 Å². The number of hydrogen-bond donors (Lipinski definition) is 3. The first-order valence-corrected chi connectivity index (χ1v) is 5.65. The van der Waals surface area contributed by atoms with Gasteiger partial charge < -0.3 is 16.2 Å². The Labute approximate surface area is 102 Å². The number of hydrogen-bond acceptors (Lipinski definition) is 3. The van der Waals surface area contributed by atoms with E-state index in [0.717, 1.165) is 11.1 Å². The van der Waals surface area contributed by atoms with Gasteiger partial charge >= 0.3 is 0 Å². The van der Waals surface area contributed by atoms with Gasteiger partial charge in [0.05, 0.1) is 13.0 Å². The van der Waals surface area contributed by atoms with Gasteiger partial charge in [-0.1, -0.05) is 24.3 Å². The smallest absolute Gasteiger partial charge is 0.221 e. The lowest BCUT2D eigenvalue weighted by Crippen LogP contribution is -2.42. The Hall–Kier alpha value is -1.39. The van der Waals surface area contributed by atoms with Crippen LogP contribution in [0.3, 0.4) is 0 Å². The number of aliphatic hydroxyl groups excluding tert-OH is 1. The Balaban J connectivity index is 2.73. The number of carbonyl (C=O) groups excluding carboxylic acids is 1. The molecule has 4 heteroatoms. The topological polar surface area (TPSA) is 75.3 Å². The number of amides is 1. The van der Waals surface area contributed by atoms with Crippen LogP contribution in [-0.4, -0.2) is 23.2 Å². The molecule has 4 N–H and O–H groups in total. The molecule has 0 fully saturated rings. The van der Waals surface area contributed by atoms with Crippen LogP contribution in [0, 0.1) is 0 Å². The van der Waals surface area contributed by atoms with Gasteiger partial charge in [-0.2, -0.15) is 0 Å². The van der Waals surface area contributed by atoms with Crippen molar-refractivity contribution < 1.29 is 9.90 Å². The summed E-state index contributed by atoms with van der Waals surface area (Å²) in [5.41, 5.74) is 6.84. The minimum atomic E-state index is -0.334. The van der Waals surface area contributed by atoms with Gasteiger partial charge in [0.25, 0.3) is 0 Å². The fraction of sp³-hybridized carbons (Fsp3) is 0.462. The standard InChI is InChI=1S/C13H20N2O2/c1-13(2,9-16)15-8-11-6-4-3-5-10(11)7-12(14)17/h3-6,15-16H,7-9H2,1-2H3,(H2,14,17). The van der Waals surface area contributed by atoms with Gasteiger partial charge in [0.1, 0.15) is 0 Å². The molecule has 0 saturated heterocycles. The summed E-state index contributed by atoms with van der Waals surface area (Å²) in [7, 11) is 0. The first-order valence-electron chi connectivity index (χ1n) is 5.65. The SMILES string of the molecule is CC(C)(CO)NCc1ccccc1CC(N)=O. The van der Waals surface area contributed by atoms with Gasteiger partial charge in [-0.15, -0.1) is 0 Å². The average Bonchev–Trinajstić information content (AvgIpc) is 2.27. The lowest BCUT2D eigenvalue weighted by atomic mass is 10.0. The second-order valence-electron chi connectivity index (χ2n) is 4.81. The van der Waals surface area contributed by atoms with Crippen LogP contribution in [-0.2, 0) is 17.8 Å². The highest BCUT2D eigenvalue weighted by atomic mass is 16.3. The molecule has 1 amide bonds. The van der Waals surface area contributed by atoms with Crippen molar-refractivity contribution in [1.82, 2.24) is 5.32 Å². The van der Waals surface area contributed by atoms with Crippen LogP contribution in [0.25, 0.3) is 0 Å². The summed E-state index contributed by atoms with van der Waals surface area (Å²) in [6, 6.07) is 7.67. The van der Waals surface area contributed by atoms with Crippen molar-refractivity contribution in [2.45, 2.75) is 32.4 Å². The third-order valence-electron chi connectivity index (χ3n) is 2.64. The van der Waals surface area contributed by atoms with Gasteiger partial charge in [0.2, 0.25) is 5.91 Å². The molecule has 1 aromatic rings. The molecular formula is C13H20N2O2. The summed E-state index contributed by atoms with van der Waals surface area (Å²) in [6.07, 6.45) is 0.247. The molecule has 0 aromatic heterocycles. The second kappa shape index (κ2) is 5.80. The van der Waals surface area contributed by atoms with Crippen LogP contribution >= 0.6 is 0 Å². The maximum atomic E-state index is 10.9. The summed E-state index contributed by atoms with van der Waals surface area (Å²) >= 11 is 0. The van der Waals surface area contributed by atoms with Crippen LogP contribution in [0.2, 0.25) is 0 Å². The molecule has 0 bridgehead atoms. The molecule has 0 aliphatic heterocycles. The average molecular weight is 236 g/mol. The molecule has 1 rings (SSSR count). The first kappa shape index (κ1) is 13.7. The predicted octanol–water partition coefficient (Wildman–Crippen LogP) is 0.575. The van der Waals surface area contributed by atoms with Gasteiger partial charge in [0, 0.05) is 12.1 Å². The molecular weight excluding hydrogens is 216 g/mol. The van der Waals surface area contributed by atoms with E-state index >= 15 is 0 Å². The number of rotatable bonds is 6. The van der Waals surface area contributed by atoms with Crippen molar-refractivity contribution >= 4 is 5.91 Å². The molecule has 0 saturated carbocycles. The Kier molecular flexibility index (Phi) is 4.66. The van der Waals surface area contributed by atoms with Crippen LogP contribution in [0.4, 0.5) is 0 Å². The molecule has 0 atom stereocenters. The third kappa shape index (κ3) is 4.54. The van der Waals surface area contributed by atoms with Gasteiger partial charge in [-0.3, -0.25) is 4.79 Å². The van der Waals surface area contributed by atoms with E-state index in [9.17, 15) is 4.79 Å². The number of aliphatic hydroxyl groups is 1. The predicted molar refractivity (Wildman–Crippen MR) is 67.3 cm³/mol. The minimum Gasteiger partial charge on any atom is -0.394 e. The van der Waals surface area contributed by atoms with E-state index in [1.165, 1.54) is 0 Å². The lowest BCUT2D eigenvalue weighted by Gasteiger charge is -2.24.